The fourth-order valence-electron chi connectivity index (χ4n) is 2.72. The fourth-order valence-corrected chi connectivity index (χ4v) is 2.72. The summed E-state index contributed by atoms with van der Waals surface area (Å²) in [5.74, 6) is 1.16. The van der Waals surface area contributed by atoms with Gasteiger partial charge >= 0.3 is 6.18 Å². The number of halogens is 3. The largest absolute Gasteiger partial charge is 0.493 e. The van der Waals surface area contributed by atoms with Gasteiger partial charge < -0.3 is 24.3 Å². The Balaban J connectivity index is 1.89. The average molecular weight is 427 g/mol. The lowest BCUT2D eigenvalue weighted by atomic mass is 10.1. The highest BCUT2D eigenvalue weighted by Crippen LogP contribution is 2.38. The maximum absolute atomic E-state index is 12.3. The molecule has 0 bridgehead atoms. The van der Waals surface area contributed by atoms with Crippen molar-refractivity contribution in [2.24, 2.45) is 0 Å². The number of hydrogen-bond donors (Lipinski definition) is 1. The molecule has 0 aliphatic heterocycles. The second-order valence-corrected chi connectivity index (χ2v) is 6.41. The monoisotopic (exact) mass is 427 g/mol. The van der Waals surface area contributed by atoms with Gasteiger partial charge in [0.15, 0.2) is 11.5 Å². The number of hydrogen-bond acceptors (Lipinski definition) is 5. The third-order valence-electron chi connectivity index (χ3n) is 4.14. The van der Waals surface area contributed by atoms with E-state index in [-0.39, 0.29) is 25.5 Å². The summed E-state index contributed by atoms with van der Waals surface area (Å²) >= 11 is 0. The van der Waals surface area contributed by atoms with E-state index in [1.165, 1.54) is 21.3 Å². The van der Waals surface area contributed by atoms with E-state index in [1.807, 2.05) is 0 Å². The molecule has 0 heterocycles. The molecule has 0 aromatic heterocycles. The van der Waals surface area contributed by atoms with E-state index in [0.717, 1.165) is 5.56 Å². The van der Waals surface area contributed by atoms with Crippen molar-refractivity contribution in [3.8, 4) is 17.2 Å². The lowest BCUT2D eigenvalue weighted by molar-refractivity contribution is -0.176. The first kappa shape index (κ1) is 23.3. The normalized spacial score (nSPS) is 11.1. The van der Waals surface area contributed by atoms with Crippen LogP contribution >= 0.6 is 0 Å². The lowest BCUT2D eigenvalue weighted by Crippen LogP contribution is -2.24. The molecule has 2 rings (SSSR count). The van der Waals surface area contributed by atoms with E-state index in [4.69, 9.17) is 14.2 Å². The predicted octanol–water partition coefficient (Wildman–Crippen LogP) is 3.65. The molecule has 0 saturated heterocycles. The van der Waals surface area contributed by atoms with Gasteiger partial charge in [-0.05, 0) is 28.8 Å². The zero-order valence-corrected chi connectivity index (χ0v) is 17.0. The second-order valence-electron chi connectivity index (χ2n) is 6.41. The van der Waals surface area contributed by atoms with Gasteiger partial charge in [-0.15, -0.1) is 0 Å². The predicted molar refractivity (Wildman–Crippen MR) is 104 cm³/mol. The van der Waals surface area contributed by atoms with Crippen LogP contribution in [0.5, 0.6) is 17.2 Å². The van der Waals surface area contributed by atoms with Crippen molar-refractivity contribution < 1.29 is 36.9 Å². The van der Waals surface area contributed by atoms with Gasteiger partial charge in [0.2, 0.25) is 11.7 Å². The summed E-state index contributed by atoms with van der Waals surface area (Å²) in [6.45, 7) is -1.13. The summed E-state index contributed by atoms with van der Waals surface area (Å²) in [7, 11) is 4.50. The van der Waals surface area contributed by atoms with Gasteiger partial charge in [-0.3, -0.25) is 4.79 Å². The summed E-state index contributed by atoms with van der Waals surface area (Å²) in [5, 5.41) is 2.80. The molecule has 0 unspecified atom stereocenters. The smallest absolute Gasteiger partial charge is 0.411 e. The number of rotatable bonds is 10. The summed E-state index contributed by atoms with van der Waals surface area (Å²) < 4.78 is 56.7. The van der Waals surface area contributed by atoms with Crippen LogP contribution in [0.15, 0.2) is 36.4 Å². The van der Waals surface area contributed by atoms with Crippen molar-refractivity contribution >= 4 is 5.91 Å². The second kappa shape index (κ2) is 10.7. The zero-order chi connectivity index (χ0) is 22.1. The number of ether oxygens (including phenoxy) is 4. The zero-order valence-electron chi connectivity index (χ0n) is 17.0. The van der Waals surface area contributed by atoms with E-state index >= 15 is 0 Å². The van der Waals surface area contributed by atoms with Gasteiger partial charge in [0.25, 0.3) is 0 Å². The van der Waals surface area contributed by atoms with Crippen molar-refractivity contribution in [1.82, 2.24) is 5.32 Å². The Kier molecular flexibility index (Phi) is 8.35. The fraction of sp³-hybridized carbons (Fsp3) is 0.381. The number of carbonyl (C=O) groups is 1. The van der Waals surface area contributed by atoms with Crippen LogP contribution in [0.1, 0.15) is 16.7 Å². The van der Waals surface area contributed by atoms with Gasteiger partial charge in [-0.25, -0.2) is 0 Å². The molecule has 30 heavy (non-hydrogen) atoms. The van der Waals surface area contributed by atoms with Gasteiger partial charge in [-0.2, -0.15) is 13.2 Å². The molecular formula is C21H24F3NO5. The highest BCUT2D eigenvalue weighted by molar-refractivity contribution is 5.79. The van der Waals surface area contributed by atoms with E-state index in [1.54, 1.807) is 36.4 Å². The van der Waals surface area contributed by atoms with Crippen molar-refractivity contribution in [2.75, 3.05) is 27.9 Å². The molecule has 164 valence electrons. The summed E-state index contributed by atoms with van der Waals surface area (Å²) in [5.41, 5.74) is 2.12. The number of benzene rings is 2. The lowest BCUT2D eigenvalue weighted by Gasteiger charge is -2.14. The number of carbonyl (C=O) groups excluding carboxylic acids is 1. The standard InChI is InChI=1S/C21H24F3NO5/c1-27-17-8-16(9-18(28-2)20(17)29-3)10-19(26)25-11-14-4-6-15(7-5-14)12-30-13-21(22,23)24/h4-9H,10-13H2,1-3H3,(H,25,26). The molecule has 9 heteroatoms. The minimum atomic E-state index is -4.35. The summed E-state index contributed by atoms with van der Waals surface area (Å²) in [6.07, 6.45) is -4.23. The third-order valence-corrected chi connectivity index (χ3v) is 4.14. The minimum Gasteiger partial charge on any atom is -0.493 e. The Morgan fingerprint density at radius 2 is 1.47 bits per heavy atom. The quantitative estimate of drug-likeness (QED) is 0.627. The first-order valence-electron chi connectivity index (χ1n) is 9.03. The average Bonchev–Trinajstić information content (AvgIpc) is 2.71. The van der Waals surface area contributed by atoms with Crippen LogP contribution < -0.4 is 19.5 Å². The van der Waals surface area contributed by atoms with Gasteiger partial charge in [0.1, 0.15) is 6.61 Å². The van der Waals surface area contributed by atoms with Gasteiger partial charge in [0.05, 0.1) is 34.4 Å². The summed E-state index contributed by atoms with van der Waals surface area (Å²) in [4.78, 5) is 12.3. The summed E-state index contributed by atoms with van der Waals surface area (Å²) in [6, 6.07) is 10.2. The first-order chi connectivity index (χ1) is 14.3. The number of methoxy groups -OCH3 is 3. The molecule has 2 aromatic rings. The van der Waals surface area contributed by atoms with Crippen LogP contribution in [0.25, 0.3) is 0 Å². The molecule has 1 N–H and O–H groups in total. The van der Waals surface area contributed by atoms with Gasteiger partial charge in [-0.1, -0.05) is 24.3 Å². The molecule has 0 fully saturated rings. The van der Waals surface area contributed by atoms with Crippen LogP contribution in [0.2, 0.25) is 0 Å². The van der Waals surface area contributed by atoms with Crippen molar-refractivity contribution in [3.63, 3.8) is 0 Å². The van der Waals surface area contributed by atoms with Crippen molar-refractivity contribution in [2.45, 2.75) is 25.7 Å². The number of alkyl halides is 3. The Morgan fingerprint density at radius 1 is 0.900 bits per heavy atom. The maximum Gasteiger partial charge on any atom is 0.411 e. The highest BCUT2D eigenvalue weighted by atomic mass is 19.4. The van der Waals surface area contributed by atoms with E-state index < -0.39 is 12.8 Å². The molecule has 6 nitrogen and oxygen atoms in total. The Labute approximate surface area is 172 Å². The van der Waals surface area contributed by atoms with Crippen LogP contribution in [-0.2, 0) is 29.1 Å². The van der Waals surface area contributed by atoms with Crippen LogP contribution in [0.4, 0.5) is 13.2 Å². The topological polar surface area (TPSA) is 66.0 Å². The molecule has 0 spiro atoms. The third kappa shape index (κ3) is 7.14. The van der Waals surface area contributed by atoms with E-state index in [9.17, 15) is 18.0 Å². The van der Waals surface area contributed by atoms with Crippen LogP contribution in [0.3, 0.4) is 0 Å². The van der Waals surface area contributed by atoms with E-state index in [2.05, 4.69) is 10.1 Å². The van der Waals surface area contributed by atoms with Crippen LogP contribution in [0, 0.1) is 0 Å². The first-order valence-corrected chi connectivity index (χ1v) is 9.03. The van der Waals surface area contributed by atoms with Crippen molar-refractivity contribution in [1.29, 1.82) is 0 Å². The Hall–Kier alpha value is -2.94. The minimum absolute atomic E-state index is 0.111. The highest BCUT2D eigenvalue weighted by Gasteiger charge is 2.27. The molecular weight excluding hydrogens is 403 g/mol. The van der Waals surface area contributed by atoms with Crippen LogP contribution in [-0.4, -0.2) is 40.0 Å². The Morgan fingerprint density at radius 3 is 1.97 bits per heavy atom. The van der Waals surface area contributed by atoms with Crippen molar-refractivity contribution in [3.05, 3.63) is 53.1 Å². The number of nitrogens with one attached hydrogen (secondary N) is 1. The number of amides is 1. The molecule has 0 aliphatic rings. The molecule has 0 aliphatic carbocycles. The molecule has 1 amide bonds. The molecule has 0 saturated carbocycles. The molecule has 0 radical (unpaired) electrons. The molecule has 0 atom stereocenters. The SMILES string of the molecule is COc1cc(CC(=O)NCc2ccc(COCC(F)(F)F)cc2)cc(OC)c1OC. The molecule has 2 aromatic carbocycles. The van der Waals surface area contributed by atoms with Gasteiger partial charge in [0, 0.05) is 6.54 Å². The van der Waals surface area contributed by atoms with E-state index in [0.29, 0.717) is 28.4 Å². The Bertz CT molecular complexity index is 813. The maximum atomic E-state index is 12.3.